The first-order chi connectivity index (χ1) is 22.7. The highest BCUT2D eigenvalue weighted by Crippen LogP contribution is 2.33. The summed E-state index contributed by atoms with van der Waals surface area (Å²) in [6.07, 6.45) is 12.6. The van der Waals surface area contributed by atoms with E-state index in [4.69, 9.17) is 19.4 Å². The van der Waals surface area contributed by atoms with Crippen LogP contribution in [0.15, 0.2) is 84.9 Å². The molecule has 3 aromatic heterocycles. The molecule has 0 saturated carbocycles. The molecule has 0 amide bonds. The summed E-state index contributed by atoms with van der Waals surface area (Å²) in [4.78, 5) is 17.4. The maximum absolute atomic E-state index is 5.93. The zero-order valence-corrected chi connectivity index (χ0v) is 26.3. The van der Waals surface area contributed by atoms with E-state index in [0.717, 1.165) is 117 Å². The summed E-state index contributed by atoms with van der Waals surface area (Å²) >= 11 is 0. The summed E-state index contributed by atoms with van der Waals surface area (Å²) in [6.45, 7) is 5.79. The van der Waals surface area contributed by atoms with Gasteiger partial charge < -0.3 is 19.4 Å². The molecule has 6 nitrogen and oxygen atoms in total. The van der Waals surface area contributed by atoms with Gasteiger partial charge in [0.1, 0.15) is 11.5 Å². The summed E-state index contributed by atoms with van der Waals surface area (Å²) in [7, 11) is 0. The molecular formula is C40H38N4O2. The van der Waals surface area contributed by atoms with Crippen molar-refractivity contribution in [3.63, 3.8) is 0 Å². The van der Waals surface area contributed by atoms with Gasteiger partial charge in [-0.1, -0.05) is 51.0 Å². The minimum atomic E-state index is 0.726. The monoisotopic (exact) mass is 606 g/mol. The molecule has 5 heterocycles. The van der Waals surface area contributed by atoms with Gasteiger partial charge in [-0.05, 0) is 109 Å². The van der Waals surface area contributed by atoms with Crippen LogP contribution < -0.4 is 9.47 Å². The standard InChI is InChI=1S/C40H38N4O2/c1-3-5-23-45-33-15-7-27(8-16-33)39-35-19-11-29(41-35)25-31-13-21-37(43-31)40(28-9-17-34(18-10-28)46-24-6-4-2)38-22-14-32(44-38)26-30-12-20-36(39)42-30/h7-22,25-26,41,44H,3-6,23-24H2,1-2H3. The van der Waals surface area contributed by atoms with Gasteiger partial charge in [0.2, 0.25) is 0 Å². The molecule has 0 fully saturated rings. The van der Waals surface area contributed by atoms with E-state index in [1.54, 1.807) is 0 Å². The number of fused-ring (bicyclic) bond motifs is 8. The number of aromatic nitrogens is 4. The van der Waals surface area contributed by atoms with Gasteiger partial charge >= 0.3 is 0 Å². The third-order valence-corrected chi connectivity index (χ3v) is 8.22. The summed E-state index contributed by atoms with van der Waals surface area (Å²) < 4.78 is 11.9. The first kappa shape index (κ1) is 29.4. The van der Waals surface area contributed by atoms with Gasteiger partial charge in [-0.25, -0.2) is 9.97 Å². The van der Waals surface area contributed by atoms with E-state index < -0.39 is 0 Å². The van der Waals surface area contributed by atoms with Gasteiger partial charge in [0.05, 0.1) is 36.0 Å². The van der Waals surface area contributed by atoms with Crippen LogP contribution >= 0.6 is 0 Å². The zero-order valence-electron chi connectivity index (χ0n) is 26.3. The molecule has 0 saturated heterocycles. The fourth-order valence-electron chi connectivity index (χ4n) is 5.78. The molecule has 7 rings (SSSR count). The van der Waals surface area contributed by atoms with Crippen LogP contribution in [-0.4, -0.2) is 33.1 Å². The second-order valence-electron chi connectivity index (χ2n) is 11.7. The normalized spacial score (nSPS) is 12.0. The lowest BCUT2D eigenvalue weighted by molar-refractivity contribution is 0.309. The predicted molar refractivity (Wildman–Crippen MR) is 191 cm³/mol. The minimum Gasteiger partial charge on any atom is -0.494 e. The van der Waals surface area contributed by atoms with Crippen LogP contribution in [0.4, 0.5) is 0 Å². The van der Waals surface area contributed by atoms with Gasteiger partial charge in [-0.3, -0.25) is 0 Å². The third kappa shape index (κ3) is 6.38. The first-order valence-electron chi connectivity index (χ1n) is 16.2. The Morgan fingerprint density at radius 3 is 1.37 bits per heavy atom. The van der Waals surface area contributed by atoms with Crippen molar-refractivity contribution in [1.29, 1.82) is 0 Å². The molecule has 0 radical (unpaired) electrons. The molecule has 5 aromatic rings. The van der Waals surface area contributed by atoms with Crippen molar-refractivity contribution in [3.8, 4) is 33.8 Å². The Morgan fingerprint density at radius 2 is 0.957 bits per heavy atom. The second kappa shape index (κ2) is 13.3. The highest BCUT2D eigenvalue weighted by molar-refractivity contribution is 5.93. The van der Waals surface area contributed by atoms with Gasteiger partial charge in [-0.15, -0.1) is 0 Å². The Labute approximate surface area is 269 Å². The van der Waals surface area contributed by atoms with Gasteiger partial charge in [0, 0.05) is 33.2 Å². The van der Waals surface area contributed by atoms with Crippen LogP contribution in [0.5, 0.6) is 11.5 Å². The molecule has 0 aliphatic carbocycles. The molecule has 2 aliphatic heterocycles. The van der Waals surface area contributed by atoms with Crippen LogP contribution in [0.2, 0.25) is 0 Å². The molecule has 230 valence electrons. The van der Waals surface area contributed by atoms with E-state index in [1.807, 2.05) is 24.3 Å². The number of benzene rings is 2. The molecule has 6 heteroatoms. The number of rotatable bonds is 10. The topological polar surface area (TPSA) is 75.8 Å². The maximum Gasteiger partial charge on any atom is 0.119 e. The van der Waals surface area contributed by atoms with Gasteiger partial charge in [-0.2, -0.15) is 0 Å². The number of unbranched alkanes of at least 4 members (excludes halogenated alkanes) is 2. The summed E-state index contributed by atoms with van der Waals surface area (Å²) in [5.74, 6) is 1.76. The summed E-state index contributed by atoms with van der Waals surface area (Å²) in [5, 5.41) is 0. The second-order valence-corrected chi connectivity index (χ2v) is 11.7. The largest absolute Gasteiger partial charge is 0.494 e. The van der Waals surface area contributed by atoms with E-state index in [0.29, 0.717) is 0 Å². The Hall–Kier alpha value is -5.36. The van der Waals surface area contributed by atoms with Crippen molar-refractivity contribution in [1.82, 2.24) is 19.9 Å². The lowest BCUT2D eigenvalue weighted by Gasteiger charge is -2.08. The van der Waals surface area contributed by atoms with E-state index in [2.05, 4.69) is 109 Å². The predicted octanol–water partition coefficient (Wildman–Crippen LogP) is 10.3. The molecule has 46 heavy (non-hydrogen) atoms. The zero-order chi connectivity index (χ0) is 31.3. The highest BCUT2D eigenvalue weighted by atomic mass is 16.5. The number of H-pyrrole nitrogens is 2. The minimum absolute atomic E-state index is 0.726. The SMILES string of the molecule is CCCCOc1ccc(-c2c3nc(cc4ccc([nH]4)c(-c4ccc(OCCCC)cc4)c4nc(cc5ccc2[nH]5)C=C4)C=C3)cc1. The van der Waals surface area contributed by atoms with Crippen LogP contribution in [0.25, 0.3) is 68.6 Å². The molecular weight excluding hydrogens is 568 g/mol. The molecule has 0 atom stereocenters. The van der Waals surface area contributed by atoms with Gasteiger partial charge in [0.15, 0.2) is 0 Å². The summed E-state index contributed by atoms with van der Waals surface area (Å²) in [5.41, 5.74) is 11.7. The van der Waals surface area contributed by atoms with Crippen molar-refractivity contribution < 1.29 is 9.47 Å². The van der Waals surface area contributed by atoms with Crippen molar-refractivity contribution >= 4 is 46.4 Å². The van der Waals surface area contributed by atoms with Crippen LogP contribution in [0, 0.1) is 0 Å². The molecule has 0 unspecified atom stereocenters. The molecule has 8 bridgehead atoms. The third-order valence-electron chi connectivity index (χ3n) is 8.22. The van der Waals surface area contributed by atoms with Crippen LogP contribution in [0.3, 0.4) is 0 Å². The van der Waals surface area contributed by atoms with E-state index in [-0.39, 0.29) is 0 Å². The van der Waals surface area contributed by atoms with Gasteiger partial charge in [0.25, 0.3) is 0 Å². The van der Waals surface area contributed by atoms with E-state index in [9.17, 15) is 0 Å². The number of aromatic amines is 2. The van der Waals surface area contributed by atoms with Crippen LogP contribution in [-0.2, 0) is 0 Å². The number of ether oxygens (including phenoxy) is 2. The van der Waals surface area contributed by atoms with Crippen LogP contribution in [0.1, 0.15) is 62.3 Å². The van der Waals surface area contributed by atoms with Crippen molar-refractivity contribution in [2.45, 2.75) is 39.5 Å². The Bertz CT molecular complexity index is 1910. The molecule has 0 spiro atoms. The Morgan fingerprint density at radius 1 is 0.522 bits per heavy atom. The number of hydrogen-bond acceptors (Lipinski definition) is 4. The maximum atomic E-state index is 5.93. The highest BCUT2D eigenvalue weighted by Gasteiger charge is 2.14. The fraction of sp³-hybridized carbons (Fsp3) is 0.200. The molecule has 2 N–H and O–H groups in total. The average Bonchev–Trinajstić information content (AvgIpc) is 3.90. The Balaban J connectivity index is 1.37. The number of nitrogens with one attached hydrogen (secondary N) is 2. The van der Waals surface area contributed by atoms with Crippen molar-refractivity contribution in [3.05, 3.63) is 108 Å². The fourth-order valence-corrected chi connectivity index (χ4v) is 5.78. The molecule has 2 aromatic carbocycles. The van der Waals surface area contributed by atoms with Crippen molar-refractivity contribution in [2.75, 3.05) is 13.2 Å². The lowest BCUT2D eigenvalue weighted by atomic mass is 10.0. The van der Waals surface area contributed by atoms with Crippen molar-refractivity contribution in [2.24, 2.45) is 0 Å². The average molecular weight is 607 g/mol. The summed E-state index contributed by atoms with van der Waals surface area (Å²) in [6, 6.07) is 29.2. The van der Waals surface area contributed by atoms with E-state index >= 15 is 0 Å². The Kier molecular flexibility index (Phi) is 8.51. The number of nitrogens with zero attached hydrogens (tertiary/aromatic N) is 2. The van der Waals surface area contributed by atoms with E-state index in [1.165, 1.54) is 0 Å². The quantitative estimate of drug-likeness (QED) is 0.152. The first-order valence-corrected chi connectivity index (χ1v) is 16.2. The number of hydrogen-bond donors (Lipinski definition) is 2. The lowest BCUT2D eigenvalue weighted by Crippen LogP contribution is -1.96. The molecule has 2 aliphatic rings. The smallest absolute Gasteiger partial charge is 0.119 e.